The predicted molar refractivity (Wildman–Crippen MR) is 111 cm³/mol. The molecule has 9 nitrogen and oxygen atoms in total. The number of alkyl carbamates (subject to hydrolysis) is 1. The SMILES string of the molecule is CCOC(C)(COC(=O)C(CCCCNC(C)=N)NC(=O)OC(C)(C)C)OCC. The number of nitrogens with one attached hydrogen (secondary N) is 3. The van der Waals surface area contributed by atoms with Crippen molar-refractivity contribution in [1.82, 2.24) is 10.6 Å². The zero-order valence-corrected chi connectivity index (χ0v) is 19.0. The van der Waals surface area contributed by atoms with Gasteiger partial charge in [0.25, 0.3) is 0 Å². The lowest BCUT2D eigenvalue weighted by molar-refractivity contribution is -0.245. The summed E-state index contributed by atoms with van der Waals surface area (Å²) in [4.78, 5) is 24.7. The first-order valence-corrected chi connectivity index (χ1v) is 10.2. The standard InChI is InChI=1S/C20H39N3O6/c1-8-27-20(7,28-9-2)14-26-17(24)16(12-10-11-13-22-15(3)21)23-18(25)29-19(4,5)6/h16H,8-14H2,1-7H3,(H2,21,22)(H,23,25). The highest BCUT2D eigenvalue weighted by Crippen LogP contribution is 2.15. The second kappa shape index (κ2) is 13.4. The van der Waals surface area contributed by atoms with E-state index in [9.17, 15) is 9.59 Å². The third kappa shape index (κ3) is 13.9. The molecule has 0 rings (SSSR count). The molecule has 0 aromatic heterocycles. The lowest BCUT2D eigenvalue weighted by Crippen LogP contribution is -2.46. The molecule has 1 atom stereocenters. The molecule has 3 N–H and O–H groups in total. The van der Waals surface area contributed by atoms with E-state index in [1.54, 1.807) is 34.6 Å². The summed E-state index contributed by atoms with van der Waals surface area (Å²) in [5, 5.41) is 12.9. The number of carbonyl (C=O) groups is 2. The lowest BCUT2D eigenvalue weighted by atomic mass is 10.1. The quantitative estimate of drug-likeness (QED) is 0.139. The monoisotopic (exact) mass is 417 g/mol. The molecular formula is C20H39N3O6. The average molecular weight is 418 g/mol. The normalized spacial score (nSPS) is 12.8. The number of amidine groups is 1. The molecule has 0 fully saturated rings. The molecule has 0 aromatic rings. The third-order valence-electron chi connectivity index (χ3n) is 3.66. The maximum atomic E-state index is 12.6. The zero-order valence-electron chi connectivity index (χ0n) is 19.0. The average Bonchev–Trinajstić information content (AvgIpc) is 2.57. The van der Waals surface area contributed by atoms with Gasteiger partial charge in [-0.05, 0) is 67.7 Å². The van der Waals surface area contributed by atoms with E-state index in [-0.39, 0.29) is 6.61 Å². The van der Waals surface area contributed by atoms with Crippen LogP contribution in [-0.2, 0) is 23.7 Å². The minimum Gasteiger partial charge on any atom is -0.458 e. The van der Waals surface area contributed by atoms with Crippen LogP contribution in [0.2, 0.25) is 0 Å². The van der Waals surface area contributed by atoms with Gasteiger partial charge in [-0.15, -0.1) is 0 Å². The smallest absolute Gasteiger partial charge is 0.408 e. The number of rotatable bonds is 13. The number of hydrogen-bond acceptors (Lipinski definition) is 7. The fourth-order valence-electron chi connectivity index (χ4n) is 2.49. The summed E-state index contributed by atoms with van der Waals surface area (Å²) in [7, 11) is 0. The van der Waals surface area contributed by atoms with Crippen LogP contribution in [0.1, 0.15) is 67.7 Å². The topological polar surface area (TPSA) is 119 Å². The Labute approximate surface area is 174 Å². The maximum Gasteiger partial charge on any atom is 0.408 e. The number of ether oxygens (including phenoxy) is 4. The molecule has 29 heavy (non-hydrogen) atoms. The van der Waals surface area contributed by atoms with Crippen LogP contribution in [0, 0.1) is 5.41 Å². The Kier molecular flexibility index (Phi) is 12.5. The minimum absolute atomic E-state index is 0.0887. The van der Waals surface area contributed by atoms with Gasteiger partial charge in [-0.1, -0.05) is 0 Å². The highest BCUT2D eigenvalue weighted by atomic mass is 16.7. The fourth-order valence-corrected chi connectivity index (χ4v) is 2.49. The Morgan fingerprint density at radius 3 is 2.10 bits per heavy atom. The first-order valence-electron chi connectivity index (χ1n) is 10.2. The second-order valence-corrected chi connectivity index (χ2v) is 7.85. The number of unbranched alkanes of at least 4 members (excludes halogenated alkanes) is 1. The first-order chi connectivity index (χ1) is 13.4. The molecule has 0 heterocycles. The summed E-state index contributed by atoms with van der Waals surface area (Å²) in [6.07, 6.45) is 1.11. The van der Waals surface area contributed by atoms with Crippen molar-refractivity contribution in [2.75, 3.05) is 26.4 Å². The zero-order chi connectivity index (χ0) is 22.5. The van der Waals surface area contributed by atoms with Crippen LogP contribution in [0.25, 0.3) is 0 Å². The van der Waals surface area contributed by atoms with Crippen LogP contribution in [0.3, 0.4) is 0 Å². The van der Waals surface area contributed by atoms with Crippen molar-refractivity contribution in [1.29, 1.82) is 5.41 Å². The van der Waals surface area contributed by atoms with E-state index < -0.39 is 29.5 Å². The van der Waals surface area contributed by atoms with Crippen LogP contribution in [0.4, 0.5) is 4.79 Å². The molecule has 170 valence electrons. The number of carbonyl (C=O) groups excluding carboxylic acids is 2. The molecular weight excluding hydrogens is 378 g/mol. The van der Waals surface area contributed by atoms with Crippen LogP contribution in [0.5, 0.6) is 0 Å². The Bertz CT molecular complexity index is 513. The van der Waals surface area contributed by atoms with Crippen molar-refractivity contribution >= 4 is 17.9 Å². The molecule has 0 spiro atoms. The molecule has 0 aliphatic rings. The van der Waals surface area contributed by atoms with Crippen molar-refractivity contribution < 1.29 is 28.5 Å². The maximum absolute atomic E-state index is 12.6. The molecule has 0 aromatic carbocycles. The van der Waals surface area contributed by atoms with Gasteiger partial charge in [-0.2, -0.15) is 0 Å². The van der Waals surface area contributed by atoms with Crippen molar-refractivity contribution in [2.24, 2.45) is 0 Å². The van der Waals surface area contributed by atoms with Crippen LogP contribution in [-0.4, -0.2) is 61.7 Å². The highest BCUT2D eigenvalue weighted by molar-refractivity contribution is 5.81. The van der Waals surface area contributed by atoms with Gasteiger partial charge in [0.2, 0.25) is 0 Å². The van der Waals surface area contributed by atoms with Crippen molar-refractivity contribution in [3.8, 4) is 0 Å². The first kappa shape index (κ1) is 27.1. The van der Waals surface area contributed by atoms with Crippen LogP contribution < -0.4 is 10.6 Å². The molecule has 1 amide bonds. The molecule has 0 saturated heterocycles. The van der Waals surface area contributed by atoms with Gasteiger partial charge < -0.3 is 29.6 Å². The van der Waals surface area contributed by atoms with Gasteiger partial charge in [0.05, 0.1) is 5.84 Å². The largest absolute Gasteiger partial charge is 0.458 e. The van der Waals surface area contributed by atoms with E-state index in [1.807, 2.05) is 13.8 Å². The summed E-state index contributed by atoms with van der Waals surface area (Å²) in [5.74, 6) is -1.22. The van der Waals surface area contributed by atoms with Gasteiger partial charge in [0.1, 0.15) is 18.2 Å². The van der Waals surface area contributed by atoms with Gasteiger partial charge in [-0.3, -0.25) is 5.41 Å². The Balaban J connectivity index is 4.88. The lowest BCUT2D eigenvalue weighted by Gasteiger charge is -2.29. The molecule has 0 aliphatic carbocycles. The molecule has 0 radical (unpaired) electrons. The van der Waals surface area contributed by atoms with Gasteiger partial charge in [-0.25, -0.2) is 9.59 Å². The van der Waals surface area contributed by atoms with E-state index in [1.165, 1.54) is 0 Å². The Hall–Kier alpha value is -1.87. The van der Waals surface area contributed by atoms with Crippen LogP contribution >= 0.6 is 0 Å². The predicted octanol–water partition coefficient (Wildman–Crippen LogP) is 2.97. The van der Waals surface area contributed by atoms with Crippen molar-refractivity contribution in [2.45, 2.75) is 85.2 Å². The second-order valence-electron chi connectivity index (χ2n) is 7.85. The number of hydrogen-bond donors (Lipinski definition) is 3. The van der Waals surface area contributed by atoms with E-state index in [4.69, 9.17) is 24.4 Å². The molecule has 1 unspecified atom stereocenters. The molecule has 0 bridgehead atoms. The summed E-state index contributed by atoms with van der Waals surface area (Å²) in [5.41, 5.74) is -0.674. The van der Waals surface area contributed by atoms with Crippen LogP contribution in [0.15, 0.2) is 0 Å². The van der Waals surface area contributed by atoms with E-state index in [2.05, 4.69) is 10.6 Å². The molecule has 0 saturated carbocycles. The van der Waals surface area contributed by atoms with E-state index in [0.29, 0.717) is 38.4 Å². The fraction of sp³-hybridized carbons (Fsp3) is 0.850. The Morgan fingerprint density at radius 2 is 1.62 bits per heavy atom. The number of amides is 1. The van der Waals surface area contributed by atoms with Crippen molar-refractivity contribution in [3.05, 3.63) is 0 Å². The summed E-state index contributed by atoms with van der Waals surface area (Å²) in [6, 6.07) is -0.849. The third-order valence-corrected chi connectivity index (χ3v) is 3.66. The van der Waals surface area contributed by atoms with Gasteiger partial charge in [0.15, 0.2) is 5.79 Å². The van der Waals surface area contributed by atoms with Gasteiger partial charge in [0, 0.05) is 19.8 Å². The van der Waals surface area contributed by atoms with Crippen molar-refractivity contribution in [3.63, 3.8) is 0 Å². The van der Waals surface area contributed by atoms with E-state index in [0.717, 1.165) is 6.42 Å². The highest BCUT2D eigenvalue weighted by Gasteiger charge is 2.30. The summed E-state index contributed by atoms with van der Waals surface area (Å²) >= 11 is 0. The number of esters is 1. The van der Waals surface area contributed by atoms with E-state index >= 15 is 0 Å². The van der Waals surface area contributed by atoms with Gasteiger partial charge >= 0.3 is 12.1 Å². The molecule has 0 aliphatic heterocycles. The Morgan fingerprint density at radius 1 is 1.03 bits per heavy atom. The minimum atomic E-state index is -1.04. The molecule has 9 heteroatoms. The summed E-state index contributed by atoms with van der Waals surface area (Å²) in [6.45, 7) is 13.6. The summed E-state index contributed by atoms with van der Waals surface area (Å²) < 4.78 is 21.7.